The van der Waals surface area contributed by atoms with Crippen molar-refractivity contribution in [1.82, 2.24) is 10.2 Å². The van der Waals surface area contributed by atoms with Gasteiger partial charge >= 0.3 is 0 Å². The molecule has 2 rings (SSSR count). The molecule has 0 aromatic carbocycles. The van der Waals surface area contributed by atoms with Gasteiger partial charge in [0.15, 0.2) is 0 Å². The van der Waals surface area contributed by atoms with Gasteiger partial charge in [0.2, 0.25) is 0 Å². The van der Waals surface area contributed by atoms with Gasteiger partial charge in [-0.15, -0.1) is 11.3 Å². The van der Waals surface area contributed by atoms with E-state index in [9.17, 15) is 4.79 Å². The van der Waals surface area contributed by atoms with Crippen LogP contribution in [0.4, 0.5) is 0 Å². The number of hydrogen-bond donors (Lipinski definition) is 1. The fourth-order valence-corrected chi connectivity index (χ4v) is 2.86. The minimum absolute atomic E-state index is 0.0280. The van der Waals surface area contributed by atoms with Crippen molar-refractivity contribution in [3.63, 3.8) is 0 Å². The number of piperazine rings is 1. The minimum atomic E-state index is 0.0280. The van der Waals surface area contributed by atoms with Gasteiger partial charge < -0.3 is 10.2 Å². The van der Waals surface area contributed by atoms with Gasteiger partial charge in [-0.25, -0.2) is 0 Å². The second-order valence-corrected chi connectivity index (χ2v) is 6.24. The standard InChI is InChI=1S/C12H18N2OS/c1-9-4-5-10(16-9)11(15)14-7-6-13-12(2,3)8-14/h4-5,13H,6-8H2,1-3H3. The smallest absolute Gasteiger partial charge is 0.264 e. The van der Waals surface area contributed by atoms with Crippen molar-refractivity contribution in [2.75, 3.05) is 19.6 Å². The predicted molar refractivity (Wildman–Crippen MR) is 67.0 cm³/mol. The lowest BCUT2D eigenvalue weighted by Gasteiger charge is -2.38. The first-order valence-corrected chi connectivity index (χ1v) is 6.40. The van der Waals surface area contributed by atoms with Crippen molar-refractivity contribution in [2.24, 2.45) is 0 Å². The van der Waals surface area contributed by atoms with Gasteiger partial charge in [0.25, 0.3) is 5.91 Å². The number of nitrogens with one attached hydrogen (secondary N) is 1. The lowest BCUT2D eigenvalue weighted by molar-refractivity contribution is 0.0657. The fourth-order valence-electron chi connectivity index (χ4n) is 2.02. The summed E-state index contributed by atoms with van der Waals surface area (Å²) in [6.45, 7) is 8.76. The summed E-state index contributed by atoms with van der Waals surface area (Å²) >= 11 is 1.58. The molecule has 0 atom stereocenters. The zero-order valence-corrected chi connectivity index (χ0v) is 10.9. The maximum absolute atomic E-state index is 12.2. The average molecular weight is 238 g/mol. The number of aryl methyl sites for hydroxylation is 1. The lowest BCUT2D eigenvalue weighted by atomic mass is 10.0. The highest BCUT2D eigenvalue weighted by Gasteiger charge is 2.29. The molecule has 1 saturated heterocycles. The highest BCUT2D eigenvalue weighted by atomic mass is 32.1. The summed E-state index contributed by atoms with van der Waals surface area (Å²) < 4.78 is 0. The van der Waals surface area contributed by atoms with Gasteiger partial charge in [-0.3, -0.25) is 4.79 Å². The molecule has 1 aliphatic rings. The van der Waals surface area contributed by atoms with E-state index in [1.807, 2.05) is 24.0 Å². The Morgan fingerprint density at radius 1 is 1.50 bits per heavy atom. The second kappa shape index (κ2) is 4.18. The summed E-state index contributed by atoms with van der Waals surface area (Å²) in [5, 5.41) is 3.41. The van der Waals surface area contributed by atoms with Gasteiger partial charge in [-0.2, -0.15) is 0 Å². The molecule has 2 heterocycles. The molecule has 0 spiro atoms. The Labute approximate surface area is 100 Å². The van der Waals surface area contributed by atoms with E-state index in [0.29, 0.717) is 0 Å². The van der Waals surface area contributed by atoms with E-state index < -0.39 is 0 Å². The van der Waals surface area contributed by atoms with Crippen molar-refractivity contribution in [1.29, 1.82) is 0 Å². The van der Waals surface area contributed by atoms with Crippen molar-refractivity contribution < 1.29 is 4.79 Å². The zero-order valence-electron chi connectivity index (χ0n) is 10.0. The Hall–Kier alpha value is -0.870. The fraction of sp³-hybridized carbons (Fsp3) is 0.583. The van der Waals surface area contributed by atoms with E-state index in [0.717, 1.165) is 24.5 Å². The number of thiophene rings is 1. The first-order chi connectivity index (χ1) is 7.48. The zero-order chi connectivity index (χ0) is 11.8. The third kappa shape index (κ3) is 2.44. The molecule has 1 N–H and O–H groups in total. The molecular weight excluding hydrogens is 220 g/mol. The van der Waals surface area contributed by atoms with Gasteiger partial charge in [0, 0.05) is 30.1 Å². The van der Waals surface area contributed by atoms with Crippen LogP contribution in [0.3, 0.4) is 0 Å². The SMILES string of the molecule is Cc1ccc(C(=O)N2CCNC(C)(C)C2)s1. The van der Waals surface area contributed by atoms with Crippen LogP contribution in [0.1, 0.15) is 28.4 Å². The van der Waals surface area contributed by atoms with Crippen LogP contribution in [0.2, 0.25) is 0 Å². The van der Waals surface area contributed by atoms with Crippen LogP contribution in [-0.2, 0) is 0 Å². The Bertz CT molecular complexity index is 397. The number of rotatable bonds is 1. The van der Waals surface area contributed by atoms with Crippen molar-refractivity contribution in [3.05, 3.63) is 21.9 Å². The molecule has 3 nitrogen and oxygen atoms in total. The van der Waals surface area contributed by atoms with Crippen LogP contribution in [0.25, 0.3) is 0 Å². The molecule has 4 heteroatoms. The van der Waals surface area contributed by atoms with E-state index in [1.54, 1.807) is 11.3 Å². The van der Waals surface area contributed by atoms with E-state index in [-0.39, 0.29) is 11.4 Å². The third-order valence-electron chi connectivity index (χ3n) is 2.81. The molecule has 16 heavy (non-hydrogen) atoms. The molecule has 1 fully saturated rings. The van der Waals surface area contributed by atoms with E-state index >= 15 is 0 Å². The summed E-state index contributed by atoms with van der Waals surface area (Å²) in [4.78, 5) is 16.2. The van der Waals surface area contributed by atoms with Gasteiger partial charge in [-0.1, -0.05) is 0 Å². The Morgan fingerprint density at radius 2 is 2.25 bits per heavy atom. The average Bonchev–Trinajstić information content (AvgIpc) is 2.62. The van der Waals surface area contributed by atoms with E-state index in [1.165, 1.54) is 4.88 Å². The van der Waals surface area contributed by atoms with Gasteiger partial charge in [0.05, 0.1) is 4.88 Å². The molecule has 0 radical (unpaired) electrons. The Morgan fingerprint density at radius 3 is 2.81 bits per heavy atom. The van der Waals surface area contributed by atoms with Gasteiger partial charge in [0.1, 0.15) is 0 Å². The van der Waals surface area contributed by atoms with Crippen LogP contribution in [0.15, 0.2) is 12.1 Å². The number of carbonyl (C=O) groups is 1. The van der Waals surface area contributed by atoms with Crippen LogP contribution in [-0.4, -0.2) is 36.0 Å². The molecule has 1 amide bonds. The molecule has 1 aliphatic heterocycles. The van der Waals surface area contributed by atoms with Crippen LogP contribution >= 0.6 is 11.3 Å². The molecule has 0 unspecified atom stereocenters. The van der Waals surface area contributed by atoms with Crippen molar-refractivity contribution in [3.8, 4) is 0 Å². The molecule has 0 bridgehead atoms. The summed E-state index contributed by atoms with van der Waals surface area (Å²) in [7, 11) is 0. The quantitative estimate of drug-likeness (QED) is 0.810. The number of nitrogens with zero attached hydrogens (tertiary/aromatic N) is 1. The van der Waals surface area contributed by atoms with Gasteiger partial charge in [-0.05, 0) is 32.9 Å². The van der Waals surface area contributed by atoms with Crippen LogP contribution in [0, 0.1) is 6.92 Å². The monoisotopic (exact) mass is 238 g/mol. The summed E-state index contributed by atoms with van der Waals surface area (Å²) in [5.41, 5.74) is 0.0280. The van der Waals surface area contributed by atoms with Crippen molar-refractivity contribution in [2.45, 2.75) is 26.3 Å². The molecule has 0 saturated carbocycles. The first-order valence-electron chi connectivity index (χ1n) is 5.59. The molecular formula is C12H18N2OS. The highest BCUT2D eigenvalue weighted by molar-refractivity contribution is 7.13. The normalized spacial score (nSPS) is 19.8. The topological polar surface area (TPSA) is 32.3 Å². The maximum atomic E-state index is 12.2. The highest BCUT2D eigenvalue weighted by Crippen LogP contribution is 2.19. The molecule has 88 valence electrons. The maximum Gasteiger partial charge on any atom is 0.264 e. The Kier molecular flexibility index (Phi) is 3.04. The number of carbonyl (C=O) groups excluding carboxylic acids is 1. The molecule has 1 aromatic rings. The summed E-state index contributed by atoms with van der Waals surface area (Å²) in [6.07, 6.45) is 0. The van der Waals surface area contributed by atoms with Crippen LogP contribution in [0.5, 0.6) is 0 Å². The number of amides is 1. The van der Waals surface area contributed by atoms with Crippen LogP contribution < -0.4 is 5.32 Å². The minimum Gasteiger partial charge on any atom is -0.335 e. The third-order valence-corrected chi connectivity index (χ3v) is 3.80. The number of hydrogen-bond acceptors (Lipinski definition) is 3. The first kappa shape index (κ1) is 11.6. The van der Waals surface area contributed by atoms with E-state index in [4.69, 9.17) is 0 Å². The molecule has 0 aliphatic carbocycles. The largest absolute Gasteiger partial charge is 0.335 e. The Balaban J connectivity index is 2.10. The second-order valence-electron chi connectivity index (χ2n) is 4.95. The summed E-state index contributed by atoms with van der Waals surface area (Å²) in [6, 6.07) is 3.93. The van der Waals surface area contributed by atoms with Crippen molar-refractivity contribution >= 4 is 17.2 Å². The summed E-state index contributed by atoms with van der Waals surface area (Å²) in [5.74, 6) is 0.174. The molecule has 1 aromatic heterocycles. The lowest BCUT2D eigenvalue weighted by Crippen LogP contribution is -2.58. The van der Waals surface area contributed by atoms with E-state index in [2.05, 4.69) is 19.2 Å². The predicted octanol–water partition coefficient (Wildman–Crippen LogP) is 1.88.